The average Bonchev–Trinajstić information content (AvgIpc) is 3.30. The van der Waals surface area contributed by atoms with Crippen molar-refractivity contribution in [2.24, 2.45) is 5.11 Å². The maximum Gasteiger partial charge on any atom is 0.333 e. The first-order chi connectivity index (χ1) is 15.4. The van der Waals surface area contributed by atoms with Gasteiger partial charge in [-0.3, -0.25) is 28.4 Å². The first-order valence-corrected chi connectivity index (χ1v) is 9.95. The Balaban J connectivity index is 1.61. The quantitative estimate of drug-likeness (QED) is 0.299. The molecule has 166 valence electrons. The highest BCUT2D eigenvalue weighted by Crippen LogP contribution is 2.30. The summed E-state index contributed by atoms with van der Waals surface area (Å²) in [6.07, 6.45) is -0.131. The molecule has 2 aliphatic rings. The Hall–Kier alpha value is -3.73. The second kappa shape index (κ2) is 8.42. The number of hydrogen-bond acceptors (Lipinski definition) is 7. The van der Waals surface area contributed by atoms with Gasteiger partial charge in [0.2, 0.25) is 0 Å². The van der Waals surface area contributed by atoms with Crippen LogP contribution in [0.2, 0.25) is 0 Å². The summed E-state index contributed by atoms with van der Waals surface area (Å²) >= 11 is 0. The third-order valence-corrected chi connectivity index (χ3v) is 5.69. The van der Waals surface area contributed by atoms with Crippen LogP contribution in [0.5, 0.6) is 0 Å². The molecule has 0 bridgehead atoms. The van der Waals surface area contributed by atoms with Crippen LogP contribution in [0.3, 0.4) is 0 Å². The molecule has 1 N–H and O–H groups in total. The summed E-state index contributed by atoms with van der Waals surface area (Å²) in [5.74, 6) is -0.956. The summed E-state index contributed by atoms with van der Waals surface area (Å²) in [5.41, 5.74) is 8.28. The van der Waals surface area contributed by atoms with E-state index in [-0.39, 0.29) is 36.2 Å². The standard InChI is InChI=1S/C20H20N6O6/c1-11-9-26(16-8-14(22-23-21)15(10-27)32-16)20(31)25(17(11)28)7-6-24-18(29)12-4-2-3-5-13(12)19(24)30/h2-5,9,14-16,27H,6-8,10H2,1H3/t14?,15-,16-/m1/s1. The lowest BCUT2D eigenvalue weighted by Crippen LogP contribution is -2.45. The first kappa shape index (κ1) is 21.5. The molecular formula is C20H20N6O6. The van der Waals surface area contributed by atoms with Crippen molar-refractivity contribution >= 4 is 11.8 Å². The van der Waals surface area contributed by atoms with Crippen molar-refractivity contribution in [1.82, 2.24) is 14.0 Å². The maximum absolute atomic E-state index is 13.1. The van der Waals surface area contributed by atoms with Crippen molar-refractivity contribution in [3.63, 3.8) is 0 Å². The minimum absolute atomic E-state index is 0.144. The minimum Gasteiger partial charge on any atom is -0.394 e. The fraction of sp³-hybridized carbons (Fsp3) is 0.400. The molecule has 1 unspecified atom stereocenters. The molecule has 0 saturated carbocycles. The number of azide groups is 1. The number of ether oxygens (including phenoxy) is 1. The summed E-state index contributed by atoms with van der Waals surface area (Å²) in [7, 11) is 0. The first-order valence-electron chi connectivity index (χ1n) is 9.95. The van der Waals surface area contributed by atoms with E-state index in [1.54, 1.807) is 24.3 Å². The average molecular weight is 440 g/mol. The van der Waals surface area contributed by atoms with Crippen LogP contribution in [-0.4, -0.2) is 56.3 Å². The summed E-state index contributed by atoms with van der Waals surface area (Å²) in [4.78, 5) is 54.6. The van der Waals surface area contributed by atoms with Gasteiger partial charge in [-0.1, -0.05) is 17.2 Å². The number of aliphatic hydroxyl groups excluding tert-OH is 1. The Morgan fingerprint density at radius 3 is 2.41 bits per heavy atom. The van der Waals surface area contributed by atoms with E-state index < -0.39 is 48.0 Å². The third kappa shape index (κ3) is 3.50. The molecule has 0 spiro atoms. The Morgan fingerprint density at radius 1 is 1.16 bits per heavy atom. The Kier molecular flexibility index (Phi) is 5.66. The Bertz CT molecular complexity index is 1220. The van der Waals surface area contributed by atoms with Crippen molar-refractivity contribution in [2.75, 3.05) is 13.2 Å². The van der Waals surface area contributed by atoms with E-state index in [0.717, 1.165) is 9.47 Å². The molecule has 2 amide bonds. The van der Waals surface area contributed by atoms with Gasteiger partial charge in [0.25, 0.3) is 17.4 Å². The smallest absolute Gasteiger partial charge is 0.333 e. The predicted molar refractivity (Wildman–Crippen MR) is 110 cm³/mol. The topological polar surface area (TPSA) is 160 Å². The summed E-state index contributed by atoms with van der Waals surface area (Å²) in [6, 6.07) is 5.75. The van der Waals surface area contributed by atoms with Gasteiger partial charge in [-0.15, -0.1) is 0 Å². The number of amides is 2. The number of benzene rings is 1. The predicted octanol–water partition coefficient (Wildman–Crippen LogP) is 0.573. The molecule has 3 atom stereocenters. The zero-order chi connectivity index (χ0) is 23.0. The molecule has 0 aliphatic carbocycles. The lowest BCUT2D eigenvalue weighted by molar-refractivity contribution is -0.0278. The van der Waals surface area contributed by atoms with Crippen molar-refractivity contribution < 1.29 is 19.4 Å². The van der Waals surface area contributed by atoms with Crippen molar-refractivity contribution in [3.05, 3.63) is 78.4 Å². The van der Waals surface area contributed by atoms with E-state index in [1.807, 2.05) is 0 Å². The van der Waals surface area contributed by atoms with E-state index in [4.69, 9.17) is 10.3 Å². The molecule has 4 rings (SSSR count). The summed E-state index contributed by atoms with van der Waals surface area (Å²) < 4.78 is 7.81. The van der Waals surface area contributed by atoms with Crippen LogP contribution in [0.1, 0.15) is 38.9 Å². The Labute approximate surface area is 180 Å². The molecule has 1 aromatic heterocycles. The van der Waals surface area contributed by atoms with Gasteiger partial charge in [0, 0.05) is 36.2 Å². The van der Waals surface area contributed by atoms with E-state index in [1.165, 1.54) is 17.7 Å². The largest absolute Gasteiger partial charge is 0.394 e. The normalized spacial score (nSPS) is 22.2. The lowest BCUT2D eigenvalue weighted by Gasteiger charge is -2.19. The number of nitrogens with zero attached hydrogens (tertiary/aromatic N) is 6. The van der Waals surface area contributed by atoms with Crippen molar-refractivity contribution in [1.29, 1.82) is 0 Å². The fourth-order valence-corrected chi connectivity index (χ4v) is 4.04. The van der Waals surface area contributed by atoms with Crippen LogP contribution in [0, 0.1) is 6.92 Å². The minimum atomic E-state index is -0.847. The molecule has 12 heteroatoms. The highest BCUT2D eigenvalue weighted by molar-refractivity contribution is 6.21. The number of carbonyl (C=O) groups is 2. The number of aryl methyl sites for hydroxylation is 1. The van der Waals surface area contributed by atoms with E-state index in [2.05, 4.69) is 10.0 Å². The molecule has 1 aromatic carbocycles. The van der Waals surface area contributed by atoms with E-state index in [0.29, 0.717) is 0 Å². The van der Waals surface area contributed by atoms with Gasteiger partial charge in [-0.05, 0) is 24.6 Å². The van der Waals surface area contributed by atoms with Crippen LogP contribution < -0.4 is 11.2 Å². The highest BCUT2D eigenvalue weighted by atomic mass is 16.5. The van der Waals surface area contributed by atoms with Gasteiger partial charge in [0.1, 0.15) is 6.23 Å². The maximum atomic E-state index is 13.1. The molecule has 32 heavy (non-hydrogen) atoms. The fourth-order valence-electron chi connectivity index (χ4n) is 4.04. The second-order valence-corrected chi connectivity index (χ2v) is 7.59. The molecule has 12 nitrogen and oxygen atoms in total. The van der Waals surface area contributed by atoms with Gasteiger partial charge in [0.15, 0.2) is 0 Å². The Morgan fingerprint density at radius 2 is 1.81 bits per heavy atom. The molecule has 2 aromatic rings. The van der Waals surface area contributed by atoms with Crippen LogP contribution in [-0.2, 0) is 11.3 Å². The third-order valence-electron chi connectivity index (χ3n) is 5.69. The number of fused-ring (bicyclic) bond motifs is 1. The van der Waals surface area contributed by atoms with Crippen LogP contribution in [0.4, 0.5) is 0 Å². The molecule has 0 radical (unpaired) electrons. The number of aliphatic hydroxyl groups is 1. The number of rotatable bonds is 6. The van der Waals surface area contributed by atoms with Gasteiger partial charge < -0.3 is 9.84 Å². The number of carbonyl (C=O) groups excluding carboxylic acids is 2. The second-order valence-electron chi connectivity index (χ2n) is 7.59. The summed E-state index contributed by atoms with van der Waals surface area (Å²) in [6.45, 7) is 0.783. The number of hydrogen-bond donors (Lipinski definition) is 1. The van der Waals surface area contributed by atoms with Crippen LogP contribution in [0.15, 0.2) is 45.2 Å². The molecule has 1 fully saturated rings. The SMILES string of the molecule is Cc1cn([C@H]2CC(N=[N+]=[N-])[C@@H](CO)O2)c(=O)n(CCN2C(=O)c3ccccc3C2=O)c1=O. The van der Waals surface area contributed by atoms with Crippen molar-refractivity contribution in [3.8, 4) is 0 Å². The van der Waals surface area contributed by atoms with Gasteiger partial charge in [-0.25, -0.2) is 4.79 Å². The zero-order valence-corrected chi connectivity index (χ0v) is 17.1. The van der Waals surface area contributed by atoms with Crippen LogP contribution in [0.25, 0.3) is 10.4 Å². The van der Waals surface area contributed by atoms with Gasteiger partial charge in [0.05, 0.1) is 29.9 Å². The summed E-state index contributed by atoms with van der Waals surface area (Å²) in [5, 5.41) is 13.1. The van der Waals surface area contributed by atoms with Crippen LogP contribution >= 0.6 is 0 Å². The molecule has 2 aliphatic heterocycles. The molecule has 1 saturated heterocycles. The number of aromatic nitrogens is 2. The zero-order valence-electron chi connectivity index (χ0n) is 17.1. The monoisotopic (exact) mass is 440 g/mol. The van der Waals surface area contributed by atoms with Gasteiger partial charge >= 0.3 is 5.69 Å². The molecule has 3 heterocycles. The molecular weight excluding hydrogens is 420 g/mol. The lowest BCUT2D eigenvalue weighted by atomic mass is 10.1. The van der Waals surface area contributed by atoms with Gasteiger partial charge in [-0.2, -0.15) is 0 Å². The van der Waals surface area contributed by atoms with Crippen molar-refractivity contribution in [2.45, 2.75) is 38.3 Å². The van der Waals surface area contributed by atoms with E-state index >= 15 is 0 Å². The van der Waals surface area contributed by atoms with E-state index in [9.17, 15) is 24.3 Å². The highest BCUT2D eigenvalue weighted by Gasteiger charge is 2.37. The number of imide groups is 1.